The van der Waals surface area contributed by atoms with E-state index < -0.39 is 0 Å². The normalized spacial score (nSPS) is 10.9. The fraction of sp³-hybridized carbons (Fsp3) is 0. The van der Waals surface area contributed by atoms with Crippen LogP contribution < -0.4 is 0 Å². The highest BCUT2D eigenvalue weighted by molar-refractivity contribution is 6.08. The van der Waals surface area contributed by atoms with Gasteiger partial charge in [0.2, 0.25) is 0 Å². The average molecular weight is 1910 g/mol. The second-order valence-electron chi connectivity index (χ2n) is 36.8. The Labute approximate surface area is 871 Å². The molecule has 2 aromatic heterocycles. The summed E-state index contributed by atoms with van der Waals surface area (Å²) in [6, 6.07) is 198. The zero-order chi connectivity index (χ0) is 101. The Balaban J connectivity index is 0.000000124. The molecular weight excluding hydrogens is 1820 g/mol. The molecule has 25 aromatic rings. The minimum Gasteiger partial charge on any atom is -0.208 e. The molecule has 0 bridgehead atoms. The van der Waals surface area contributed by atoms with E-state index in [4.69, 9.17) is 35.2 Å². The summed E-state index contributed by atoms with van der Waals surface area (Å²) in [5.74, 6) is 3.79. The van der Waals surface area contributed by atoms with Gasteiger partial charge < -0.3 is 0 Å². The molecule has 0 aliphatic carbocycles. The van der Waals surface area contributed by atoms with Crippen molar-refractivity contribution in [2.75, 3.05) is 0 Å². The molecule has 9 heteroatoms. The summed E-state index contributed by atoms with van der Waals surface area (Å²) in [4.78, 5) is 29.7. The van der Waals surface area contributed by atoms with Crippen molar-refractivity contribution in [3.63, 3.8) is 0 Å². The van der Waals surface area contributed by atoms with Crippen LogP contribution in [0.25, 0.3) is 245 Å². The SMILES string of the molecule is N#Cc1ccc(-c2ccc(-c3ccc(-c4ccc(-c5nc(-c6ccccc6)nc(-c6ccc(-c7ccccc7)cc6)n5)cc4)c4ccccc34)cc2)cc1.N#Cc1ccc(-c2ccc(-c3ccc(-c4nc(-c5ccccc5)nc(-c5ccc(-c6ccccc6)cc5)n4)cc3)c3ccccc23)cc1.N#Cc1ccc(-c2ccc(-c3cccc(-c4cc(-c5ccccc5)cc(-c5ccc(-c6ccccc6)cc5)c4)c3)c3ccccc23)cc1. The summed E-state index contributed by atoms with van der Waals surface area (Å²) < 4.78 is 0. The van der Waals surface area contributed by atoms with Gasteiger partial charge >= 0.3 is 0 Å². The third kappa shape index (κ3) is 20.2. The van der Waals surface area contributed by atoms with E-state index >= 15 is 0 Å². The monoisotopic (exact) mass is 1910 g/mol. The molecule has 0 atom stereocenters. The molecule has 0 spiro atoms. The molecule has 0 amide bonds. The smallest absolute Gasteiger partial charge is 0.164 e. The Kier molecular flexibility index (Phi) is 26.6. The summed E-state index contributed by atoms with van der Waals surface area (Å²) in [6.07, 6.45) is 0. The van der Waals surface area contributed by atoms with Gasteiger partial charge in [0.1, 0.15) is 0 Å². The van der Waals surface area contributed by atoms with Crippen LogP contribution in [-0.4, -0.2) is 29.9 Å². The number of nitrogens with zero attached hydrogens (tertiary/aromatic N) is 9. The predicted molar refractivity (Wildman–Crippen MR) is 616 cm³/mol. The highest BCUT2D eigenvalue weighted by atomic mass is 15.0. The van der Waals surface area contributed by atoms with Crippen molar-refractivity contribution in [2.45, 2.75) is 0 Å². The minimum atomic E-state index is 0.624. The van der Waals surface area contributed by atoms with Crippen LogP contribution >= 0.6 is 0 Å². The lowest BCUT2D eigenvalue weighted by molar-refractivity contribution is 1.07. The van der Waals surface area contributed by atoms with Crippen molar-refractivity contribution >= 4 is 32.3 Å². The van der Waals surface area contributed by atoms with Gasteiger partial charge in [0.25, 0.3) is 0 Å². The quantitative estimate of drug-likeness (QED) is 0.0771. The fourth-order valence-electron chi connectivity index (χ4n) is 19.7. The summed E-state index contributed by atoms with van der Waals surface area (Å²) in [7, 11) is 0. The summed E-state index contributed by atoms with van der Waals surface area (Å²) >= 11 is 0. The van der Waals surface area contributed by atoms with Crippen LogP contribution in [-0.2, 0) is 0 Å². The van der Waals surface area contributed by atoms with Gasteiger partial charge in [-0.15, -0.1) is 0 Å². The maximum Gasteiger partial charge on any atom is 0.164 e. The molecule has 0 aliphatic rings. The molecule has 23 aromatic carbocycles. The average Bonchev–Trinajstić information content (AvgIpc) is 0.771. The third-order valence-corrected chi connectivity index (χ3v) is 27.6. The topological polar surface area (TPSA) is 149 Å². The Morgan fingerprint density at radius 1 is 0.107 bits per heavy atom. The number of aromatic nitrogens is 6. The Hall–Kier alpha value is -20.7. The molecule has 0 saturated carbocycles. The largest absolute Gasteiger partial charge is 0.208 e. The Bertz CT molecular complexity index is 9330. The lowest BCUT2D eigenvalue weighted by atomic mass is 9.89. The molecule has 9 nitrogen and oxygen atoms in total. The predicted octanol–water partition coefficient (Wildman–Crippen LogP) is 36.2. The summed E-state index contributed by atoms with van der Waals surface area (Å²) in [5, 5.41) is 34.8. The molecule has 0 fully saturated rings. The van der Waals surface area contributed by atoms with Crippen LogP contribution in [0.3, 0.4) is 0 Å². The molecule has 150 heavy (non-hydrogen) atoms. The first-order valence-corrected chi connectivity index (χ1v) is 50.0. The Morgan fingerprint density at radius 2 is 0.247 bits per heavy atom. The number of hydrogen-bond acceptors (Lipinski definition) is 9. The zero-order valence-corrected chi connectivity index (χ0v) is 81.6. The van der Waals surface area contributed by atoms with Gasteiger partial charge in [0.15, 0.2) is 34.9 Å². The Morgan fingerprint density at radius 3 is 0.480 bits per heavy atom. The fourth-order valence-corrected chi connectivity index (χ4v) is 19.7. The van der Waals surface area contributed by atoms with E-state index in [1.54, 1.807) is 0 Å². The van der Waals surface area contributed by atoms with Crippen molar-refractivity contribution in [3.05, 3.63) is 569 Å². The van der Waals surface area contributed by atoms with Crippen molar-refractivity contribution in [1.82, 2.24) is 29.9 Å². The van der Waals surface area contributed by atoms with Crippen LogP contribution in [0.2, 0.25) is 0 Å². The minimum absolute atomic E-state index is 0.624. The number of benzene rings is 23. The second kappa shape index (κ2) is 42.9. The third-order valence-electron chi connectivity index (χ3n) is 27.6. The summed E-state index contributed by atoms with van der Waals surface area (Å²) in [5.41, 5.74) is 37.7. The van der Waals surface area contributed by atoms with Crippen molar-refractivity contribution in [1.29, 1.82) is 15.8 Å². The van der Waals surface area contributed by atoms with Gasteiger partial charge in [-0.2, -0.15) is 15.8 Å². The second-order valence-corrected chi connectivity index (χ2v) is 36.8. The van der Waals surface area contributed by atoms with Gasteiger partial charge in [0, 0.05) is 33.4 Å². The lowest BCUT2D eigenvalue weighted by Crippen LogP contribution is -2.00. The van der Waals surface area contributed by atoms with Gasteiger partial charge in [0.05, 0.1) is 34.9 Å². The van der Waals surface area contributed by atoms with Gasteiger partial charge in [-0.25, -0.2) is 29.9 Å². The maximum atomic E-state index is 9.28. The summed E-state index contributed by atoms with van der Waals surface area (Å²) in [6.45, 7) is 0. The standard InChI is InChI=1S/C50H32N4.C47H31N.C44H28N4/c51-33-34-15-17-36(18-16-34)38-19-23-39(24-20-38)44-31-32-45(47-14-8-7-13-46(44)47)40-25-29-43(30-26-40)50-53-48(41-11-5-2-6-12-41)52-49(54-50)42-27-21-37(22-28-42)35-9-3-1-4-10-35;48-32-33-18-20-38(21-19-33)44-26-27-45(47-17-8-7-16-46(44)47)40-15-9-14-39(28-40)43-30-41(35-12-5-2-6-13-35)29-42(31-43)37-24-22-36(23-25-37)34-10-3-1-4-11-34;45-29-30-15-17-33(18-16-30)38-27-28-39(41-14-8-7-13-40(38)41)34-21-25-37(26-22-34)44-47-42(35-11-5-2-6-12-35)46-43(48-44)36-23-19-32(20-24-36)31-9-3-1-4-10-31/h1-32H;1-31H;1-28H. The number of hydrogen-bond donors (Lipinski definition) is 0. The first-order valence-electron chi connectivity index (χ1n) is 50.0. The van der Waals surface area contributed by atoms with Gasteiger partial charge in [-0.3, -0.25) is 0 Å². The highest BCUT2D eigenvalue weighted by Gasteiger charge is 2.21. The van der Waals surface area contributed by atoms with E-state index in [1.165, 1.54) is 99.3 Å². The highest BCUT2D eigenvalue weighted by Crippen LogP contribution is 2.45. The van der Waals surface area contributed by atoms with Crippen LogP contribution in [0.15, 0.2) is 552 Å². The molecule has 0 aliphatic heterocycles. The first-order chi connectivity index (χ1) is 74.2. The van der Waals surface area contributed by atoms with Crippen molar-refractivity contribution in [2.24, 2.45) is 0 Å². The zero-order valence-electron chi connectivity index (χ0n) is 81.6. The number of fused-ring (bicyclic) bond motifs is 3. The molecular formula is C141H91N9. The van der Waals surface area contributed by atoms with E-state index in [0.717, 1.165) is 111 Å². The lowest BCUT2D eigenvalue weighted by Gasteiger charge is -2.15. The van der Waals surface area contributed by atoms with E-state index in [9.17, 15) is 10.5 Å². The van der Waals surface area contributed by atoms with Gasteiger partial charge in [-0.1, -0.05) is 491 Å². The number of rotatable bonds is 19. The molecule has 0 radical (unpaired) electrons. The van der Waals surface area contributed by atoms with E-state index in [0.29, 0.717) is 51.6 Å². The van der Waals surface area contributed by atoms with Crippen molar-refractivity contribution < 1.29 is 0 Å². The molecule has 25 rings (SSSR count). The molecule has 0 N–H and O–H groups in total. The molecule has 700 valence electrons. The molecule has 0 unspecified atom stereocenters. The van der Waals surface area contributed by atoms with Crippen LogP contribution in [0.4, 0.5) is 0 Å². The molecule has 2 heterocycles. The van der Waals surface area contributed by atoms with E-state index in [-0.39, 0.29) is 0 Å². The van der Waals surface area contributed by atoms with Crippen molar-refractivity contribution in [3.8, 4) is 231 Å². The van der Waals surface area contributed by atoms with Crippen LogP contribution in [0, 0.1) is 34.0 Å². The van der Waals surface area contributed by atoms with Crippen LogP contribution in [0.5, 0.6) is 0 Å². The van der Waals surface area contributed by atoms with Crippen LogP contribution in [0.1, 0.15) is 16.7 Å². The maximum absolute atomic E-state index is 9.28. The van der Waals surface area contributed by atoms with E-state index in [1.807, 2.05) is 158 Å². The van der Waals surface area contributed by atoms with E-state index in [2.05, 4.69) is 413 Å². The van der Waals surface area contributed by atoms with Gasteiger partial charge in [-0.05, 0) is 238 Å². The first kappa shape index (κ1) is 93.0. The molecule has 0 saturated heterocycles. The number of nitriles is 3.